The molecule has 1 aromatic rings. The molecule has 7 heteroatoms. The van der Waals surface area contributed by atoms with Gasteiger partial charge >= 0.3 is 12.0 Å². The van der Waals surface area contributed by atoms with Crippen LogP contribution in [0.2, 0.25) is 0 Å². The smallest absolute Gasteiger partial charge is 0.321 e. The lowest BCUT2D eigenvalue weighted by molar-refractivity contribution is -0.137. The van der Waals surface area contributed by atoms with E-state index in [9.17, 15) is 9.59 Å². The van der Waals surface area contributed by atoms with E-state index in [-0.39, 0.29) is 19.0 Å². The second-order valence-corrected chi connectivity index (χ2v) is 5.21. The van der Waals surface area contributed by atoms with Gasteiger partial charge in [-0.05, 0) is 24.6 Å². The van der Waals surface area contributed by atoms with Gasteiger partial charge in [0.25, 0.3) is 0 Å². The van der Waals surface area contributed by atoms with Gasteiger partial charge in [0.1, 0.15) is 5.75 Å². The summed E-state index contributed by atoms with van der Waals surface area (Å²) in [5.74, 6) is -0.404. The van der Waals surface area contributed by atoms with Crippen molar-refractivity contribution in [2.75, 3.05) is 26.0 Å². The number of benzene rings is 1. The Morgan fingerprint density at radius 1 is 1.45 bits per heavy atom. The first kappa shape index (κ1) is 16.3. The number of amides is 2. The molecule has 0 saturated heterocycles. The van der Waals surface area contributed by atoms with Crippen LogP contribution in [0.5, 0.6) is 5.75 Å². The Hall–Kier alpha value is -1.76. The normalized spacial score (nSPS) is 10.0. The zero-order valence-corrected chi connectivity index (χ0v) is 13.2. The molecule has 2 amide bonds. The fraction of sp³-hybridized carbons (Fsp3) is 0.385. The molecule has 0 aromatic heterocycles. The minimum Gasteiger partial charge on any atom is -0.495 e. The summed E-state index contributed by atoms with van der Waals surface area (Å²) >= 11 is 3.36. The molecule has 0 atom stereocenters. The van der Waals surface area contributed by atoms with Crippen molar-refractivity contribution in [2.45, 2.75) is 13.3 Å². The number of aryl methyl sites for hydroxylation is 1. The van der Waals surface area contributed by atoms with Crippen molar-refractivity contribution in [3.05, 3.63) is 22.2 Å². The molecule has 0 aliphatic carbocycles. The summed E-state index contributed by atoms with van der Waals surface area (Å²) in [5, 5.41) is 11.3. The first-order valence-corrected chi connectivity index (χ1v) is 6.72. The number of nitrogens with one attached hydrogen (secondary N) is 1. The van der Waals surface area contributed by atoms with E-state index in [0.717, 1.165) is 10.0 Å². The zero-order chi connectivity index (χ0) is 15.3. The number of carbonyl (C=O) groups excluding carboxylic acids is 1. The van der Waals surface area contributed by atoms with E-state index >= 15 is 0 Å². The van der Waals surface area contributed by atoms with Gasteiger partial charge in [0.05, 0.1) is 19.2 Å². The Kier molecular flexibility index (Phi) is 5.82. The second-order valence-electron chi connectivity index (χ2n) is 4.30. The number of aliphatic carboxylic acids is 1. The van der Waals surface area contributed by atoms with Crippen LogP contribution in [0.1, 0.15) is 12.0 Å². The molecular weight excluding hydrogens is 328 g/mol. The van der Waals surface area contributed by atoms with Crippen LogP contribution in [0.3, 0.4) is 0 Å². The topological polar surface area (TPSA) is 78.9 Å². The molecule has 0 spiro atoms. The minimum atomic E-state index is -0.943. The highest BCUT2D eigenvalue weighted by atomic mass is 79.9. The standard InChI is InChI=1S/C13H17BrN2O4/c1-8-6-9(14)7-10(20-3)12(8)15-13(19)16(2)5-4-11(17)18/h6-7H,4-5H2,1-3H3,(H,15,19)(H,17,18). The Bertz CT molecular complexity index is 519. The quantitative estimate of drug-likeness (QED) is 0.860. The molecule has 0 aliphatic rings. The molecule has 0 saturated carbocycles. The average Bonchev–Trinajstić information content (AvgIpc) is 2.38. The fourth-order valence-electron chi connectivity index (χ4n) is 1.60. The highest BCUT2D eigenvalue weighted by Gasteiger charge is 2.15. The first-order chi connectivity index (χ1) is 9.35. The molecular formula is C13H17BrN2O4. The second kappa shape index (κ2) is 7.14. The third kappa shape index (κ3) is 4.41. The van der Waals surface area contributed by atoms with Gasteiger partial charge in [0.2, 0.25) is 0 Å². The monoisotopic (exact) mass is 344 g/mol. The molecule has 0 unspecified atom stereocenters. The van der Waals surface area contributed by atoms with Crippen LogP contribution in [0.15, 0.2) is 16.6 Å². The summed E-state index contributed by atoms with van der Waals surface area (Å²) in [6.07, 6.45) is -0.0969. The van der Waals surface area contributed by atoms with Crippen molar-refractivity contribution in [1.29, 1.82) is 0 Å². The summed E-state index contributed by atoms with van der Waals surface area (Å²) in [6.45, 7) is 1.99. The van der Waals surface area contributed by atoms with Crippen molar-refractivity contribution < 1.29 is 19.4 Å². The maximum atomic E-state index is 12.0. The predicted molar refractivity (Wildman–Crippen MR) is 79.3 cm³/mol. The average molecular weight is 345 g/mol. The Morgan fingerprint density at radius 3 is 2.65 bits per heavy atom. The van der Waals surface area contributed by atoms with Gasteiger partial charge in [-0.1, -0.05) is 15.9 Å². The lowest BCUT2D eigenvalue weighted by atomic mass is 10.2. The molecule has 2 N–H and O–H groups in total. The van der Waals surface area contributed by atoms with Gasteiger partial charge in [-0.2, -0.15) is 0 Å². The lowest BCUT2D eigenvalue weighted by Gasteiger charge is -2.19. The molecule has 20 heavy (non-hydrogen) atoms. The lowest BCUT2D eigenvalue weighted by Crippen LogP contribution is -2.33. The Balaban J connectivity index is 2.82. The van der Waals surface area contributed by atoms with E-state index in [1.807, 2.05) is 13.0 Å². The van der Waals surface area contributed by atoms with Crippen LogP contribution in [-0.4, -0.2) is 42.7 Å². The van der Waals surface area contributed by atoms with Gasteiger partial charge in [0, 0.05) is 18.1 Å². The molecule has 0 heterocycles. The van der Waals surface area contributed by atoms with E-state index in [0.29, 0.717) is 11.4 Å². The van der Waals surface area contributed by atoms with Gasteiger partial charge < -0.3 is 20.1 Å². The van der Waals surface area contributed by atoms with Crippen molar-refractivity contribution >= 4 is 33.6 Å². The molecule has 1 aromatic carbocycles. The van der Waals surface area contributed by atoms with Crippen LogP contribution >= 0.6 is 15.9 Å². The number of anilines is 1. The molecule has 0 fully saturated rings. The van der Waals surface area contributed by atoms with Crippen LogP contribution in [0.25, 0.3) is 0 Å². The number of rotatable bonds is 5. The van der Waals surface area contributed by atoms with Crippen molar-refractivity contribution in [1.82, 2.24) is 4.90 Å². The van der Waals surface area contributed by atoms with Gasteiger partial charge in [-0.15, -0.1) is 0 Å². The molecule has 0 bridgehead atoms. The number of urea groups is 1. The van der Waals surface area contributed by atoms with E-state index in [4.69, 9.17) is 9.84 Å². The maximum absolute atomic E-state index is 12.0. The van der Waals surface area contributed by atoms with Crippen molar-refractivity contribution in [2.24, 2.45) is 0 Å². The summed E-state index contributed by atoms with van der Waals surface area (Å²) in [6, 6.07) is 3.23. The largest absolute Gasteiger partial charge is 0.495 e. The third-order valence-corrected chi connectivity index (χ3v) is 3.18. The van der Waals surface area contributed by atoms with Crippen molar-refractivity contribution in [3.63, 3.8) is 0 Å². The molecule has 1 rings (SSSR count). The predicted octanol–water partition coefficient (Wildman–Crippen LogP) is 2.70. The summed E-state index contributed by atoms with van der Waals surface area (Å²) in [5.41, 5.74) is 1.42. The summed E-state index contributed by atoms with van der Waals surface area (Å²) in [4.78, 5) is 23.8. The number of hydrogen-bond donors (Lipinski definition) is 2. The van der Waals surface area contributed by atoms with Crippen LogP contribution in [0.4, 0.5) is 10.5 Å². The number of ether oxygens (including phenoxy) is 1. The van der Waals surface area contributed by atoms with Gasteiger partial charge in [0.15, 0.2) is 0 Å². The van der Waals surface area contributed by atoms with Crippen LogP contribution in [-0.2, 0) is 4.79 Å². The number of carboxylic acid groups (broad SMARTS) is 1. The highest BCUT2D eigenvalue weighted by molar-refractivity contribution is 9.10. The summed E-state index contributed by atoms with van der Waals surface area (Å²) < 4.78 is 6.08. The Morgan fingerprint density at radius 2 is 2.10 bits per heavy atom. The SMILES string of the molecule is COc1cc(Br)cc(C)c1NC(=O)N(C)CCC(=O)O. The first-order valence-electron chi connectivity index (χ1n) is 5.93. The van der Waals surface area contributed by atoms with Crippen LogP contribution in [0, 0.1) is 6.92 Å². The fourth-order valence-corrected chi connectivity index (χ4v) is 2.15. The molecule has 0 radical (unpaired) electrons. The van der Waals surface area contributed by atoms with E-state index in [1.165, 1.54) is 12.0 Å². The molecule has 110 valence electrons. The number of hydrogen-bond acceptors (Lipinski definition) is 3. The minimum absolute atomic E-state index is 0.0969. The van der Waals surface area contributed by atoms with Crippen molar-refractivity contribution in [3.8, 4) is 5.75 Å². The third-order valence-electron chi connectivity index (χ3n) is 2.72. The maximum Gasteiger partial charge on any atom is 0.321 e. The number of nitrogens with zero attached hydrogens (tertiary/aromatic N) is 1. The zero-order valence-electron chi connectivity index (χ0n) is 11.6. The number of carboxylic acids is 1. The number of methoxy groups -OCH3 is 1. The summed E-state index contributed by atoms with van der Waals surface area (Å²) in [7, 11) is 3.06. The Labute approximate surface area is 125 Å². The number of halogens is 1. The molecule has 0 aliphatic heterocycles. The van der Waals surface area contributed by atoms with Crippen LogP contribution < -0.4 is 10.1 Å². The molecule has 6 nitrogen and oxygen atoms in total. The number of carbonyl (C=O) groups is 2. The van der Waals surface area contributed by atoms with E-state index in [2.05, 4.69) is 21.2 Å². The van der Waals surface area contributed by atoms with Gasteiger partial charge in [-0.3, -0.25) is 4.79 Å². The van der Waals surface area contributed by atoms with Gasteiger partial charge in [-0.25, -0.2) is 4.79 Å². The van der Waals surface area contributed by atoms with E-state index in [1.54, 1.807) is 13.1 Å². The van der Waals surface area contributed by atoms with E-state index < -0.39 is 5.97 Å². The highest BCUT2D eigenvalue weighted by Crippen LogP contribution is 2.32.